The molecule has 1 aliphatic heterocycles. The van der Waals surface area contributed by atoms with Crippen molar-refractivity contribution in [1.82, 2.24) is 0 Å². The van der Waals surface area contributed by atoms with Crippen LogP contribution in [-0.2, 0) is 9.47 Å². The minimum absolute atomic E-state index is 0.252. The van der Waals surface area contributed by atoms with Crippen LogP contribution in [0.15, 0.2) is 0 Å². The zero-order valence-electron chi connectivity index (χ0n) is 8.23. The molecule has 2 fully saturated rings. The van der Waals surface area contributed by atoms with E-state index in [1.54, 1.807) is 0 Å². The number of fused-ring (bicyclic) bond motifs is 1. The molecule has 2 rings (SSSR count). The molecule has 0 amide bonds. The molecule has 0 bridgehead atoms. The summed E-state index contributed by atoms with van der Waals surface area (Å²) in [6, 6.07) is 0. The van der Waals surface area contributed by atoms with Gasteiger partial charge in [0.1, 0.15) is 0 Å². The molecule has 0 N–H and O–H groups in total. The van der Waals surface area contributed by atoms with Crippen LogP contribution in [-0.4, -0.2) is 18.5 Å². The molecule has 1 aliphatic carbocycles. The second kappa shape index (κ2) is 2.06. The first kappa shape index (κ1) is 9.34. The molecule has 76 valence electrons. The summed E-state index contributed by atoms with van der Waals surface area (Å²) >= 11 is 0. The normalized spacial score (nSPS) is 43.8. The third-order valence-corrected chi connectivity index (χ3v) is 3.89. The molecule has 2 aliphatic rings. The summed E-state index contributed by atoms with van der Waals surface area (Å²) < 4.78 is 34.5. The van der Waals surface area contributed by atoms with Crippen LogP contribution in [0.4, 0.5) is 8.78 Å². The molecule has 2 nitrogen and oxygen atoms in total. The monoisotopic (exact) mass is 192 g/mol. The average molecular weight is 192 g/mol. The fourth-order valence-electron chi connectivity index (χ4n) is 2.14. The third kappa shape index (κ3) is 0.931. The van der Waals surface area contributed by atoms with Gasteiger partial charge in [0.05, 0.1) is 12.2 Å². The Hall–Kier alpha value is -0.220. The van der Waals surface area contributed by atoms with Crippen LogP contribution in [0.25, 0.3) is 0 Å². The van der Waals surface area contributed by atoms with E-state index in [-0.39, 0.29) is 10.8 Å². The van der Waals surface area contributed by atoms with E-state index in [0.29, 0.717) is 0 Å². The van der Waals surface area contributed by atoms with Gasteiger partial charge in [-0.3, -0.25) is 9.47 Å². The molecule has 13 heavy (non-hydrogen) atoms. The molecule has 0 aromatic rings. The zero-order valence-corrected chi connectivity index (χ0v) is 8.23. The lowest BCUT2D eigenvalue weighted by atomic mass is 9.49. The molecule has 1 saturated heterocycles. The molecule has 2 atom stereocenters. The predicted molar refractivity (Wildman–Crippen MR) is 42.3 cm³/mol. The van der Waals surface area contributed by atoms with Crippen molar-refractivity contribution in [3.05, 3.63) is 0 Å². The Kier molecular flexibility index (Phi) is 1.48. The van der Waals surface area contributed by atoms with E-state index in [4.69, 9.17) is 0 Å². The Bertz CT molecular complexity index is 224. The molecular weight excluding hydrogens is 178 g/mol. The summed E-state index contributed by atoms with van der Waals surface area (Å²) in [5.74, 6) is 0. The number of hydrogen-bond acceptors (Lipinski definition) is 2. The fraction of sp³-hybridized carbons (Fsp3) is 1.00. The highest BCUT2D eigenvalue weighted by molar-refractivity contribution is 5.14. The Balaban J connectivity index is 2.26. The second-order valence-electron chi connectivity index (χ2n) is 4.98. The fourth-order valence-corrected chi connectivity index (χ4v) is 2.14. The van der Waals surface area contributed by atoms with Crippen LogP contribution in [0.2, 0.25) is 0 Å². The smallest absolute Gasteiger partial charge is 0.289 e. The van der Waals surface area contributed by atoms with Gasteiger partial charge < -0.3 is 0 Å². The Morgan fingerprint density at radius 2 is 1.15 bits per heavy atom. The SMILES string of the molecule is CC1(C)C2OC(F)(F)OC2C1(C)C. The van der Waals surface area contributed by atoms with Gasteiger partial charge in [0.2, 0.25) is 0 Å². The van der Waals surface area contributed by atoms with Crippen molar-refractivity contribution in [3.63, 3.8) is 0 Å². The summed E-state index contributed by atoms with van der Waals surface area (Å²) in [6.07, 6.45) is -4.34. The molecule has 0 aromatic carbocycles. The van der Waals surface area contributed by atoms with Crippen molar-refractivity contribution >= 4 is 0 Å². The molecule has 1 heterocycles. The van der Waals surface area contributed by atoms with Gasteiger partial charge in [0.25, 0.3) is 0 Å². The Morgan fingerprint density at radius 3 is 1.46 bits per heavy atom. The van der Waals surface area contributed by atoms with Crippen molar-refractivity contribution in [2.75, 3.05) is 0 Å². The van der Waals surface area contributed by atoms with Crippen LogP contribution in [0.5, 0.6) is 0 Å². The third-order valence-electron chi connectivity index (χ3n) is 3.89. The molecule has 0 spiro atoms. The number of hydrogen-bond donors (Lipinski definition) is 0. The van der Waals surface area contributed by atoms with Gasteiger partial charge in [-0.2, -0.15) is 0 Å². The second-order valence-corrected chi connectivity index (χ2v) is 4.98. The first-order valence-electron chi connectivity index (χ1n) is 4.42. The standard InChI is InChI=1S/C9H14F2O2/c1-7(2)5-6(8(7,3)4)13-9(10,11)12-5/h5-6H,1-4H3. The van der Waals surface area contributed by atoms with Crippen molar-refractivity contribution < 1.29 is 18.3 Å². The highest BCUT2D eigenvalue weighted by atomic mass is 19.3. The maximum atomic E-state index is 12.7. The molecule has 2 unspecified atom stereocenters. The van der Waals surface area contributed by atoms with Crippen molar-refractivity contribution in [1.29, 1.82) is 0 Å². The summed E-state index contributed by atoms with van der Waals surface area (Å²) in [5.41, 5.74) is -0.505. The van der Waals surface area contributed by atoms with E-state index in [0.717, 1.165) is 0 Å². The van der Waals surface area contributed by atoms with E-state index in [9.17, 15) is 8.78 Å². The predicted octanol–water partition coefficient (Wildman–Crippen LogP) is 2.39. The van der Waals surface area contributed by atoms with E-state index >= 15 is 0 Å². The summed E-state index contributed by atoms with van der Waals surface area (Å²) in [7, 11) is 0. The Morgan fingerprint density at radius 1 is 0.846 bits per heavy atom. The zero-order chi connectivity index (χ0) is 10.1. The Labute approximate surface area is 76.2 Å². The molecule has 4 heteroatoms. The van der Waals surface area contributed by atoms with Crippen molar-refractivity contribution in [2.24, 2.45) is 10.8 Å². The van der Waals surface area contributed by atoms with Crippen LogP contribution in [0.1, 0.15) is 27.7 Å². The van der Waals surface area contributed by atoms with Gasteiger partial charge in [-0.25, -0.2) is 0 Å². The minimum atomic E-state index is -3.39. The molecule has 1 saturated carbocycles. The molecule has 0 aromatic heterocycles. The minimum Gasteiger partial charge on any atom is -0.289 e. The topological polar surface area (TPSA) is 18.5 Å². The molecule has 0 radical (unpaired) electrons. The van der Waals surface area contributed by atoms with E-state index in [1.807, 2.05) is 27.7 Å². The number of ether oxygens (including phenoxy) is 2. The van der Waals surface area contributed by atoms with Gasteiger partial charge in [-0.1, -0.05) is 27.7 Å². The highest BCUT2D eigenvalue weighted by Crippen LogP contribution is 2.63. The van der Waals surface area contributed by atoms with Gasteiger partial charge in [-0.15, -0.1) is 8.78 Å². The molecular formula is C9H14F2O2. The quantitative estimate of drug-likeness (QED) is 0.586. The number of alkyl halides is 2. The number of rotatable bonds is 0. The van der Waals surface area contributed by atoms with Crippen LogP contribution in [0, 0.1) is 10.8 Å². The lowest BCUT2D eigenvalue weighted by Crippen LogP contribution is -2.65. The summed E-state index contributed by atoms with van der Waals surface area (Å²) in [4.78, 5) is 0. The summed E-state index contributed by atoms with van der Waals surface area (Å²) in [5, 5.41) is 0. The largest absolute Gasteiger partial charge is 0.486 e. The average Bonchev–Trinajstić information content (AvgIpc) is 2.25. The maximum absolute atomic E-state index is 12.7. The van der Waals surface area contributed by atoms with Crippen molar-refractivity contribution in [2.45, 2.75) is 46.2 Å². The lowest BCUT2D eigenvalue weighted by molar-refractivity contribution is -0.349. The van der Waals surface area contributed by atoms with Crippen LogP contribution < -0.4 is 0 Å². The van der Waals surface area contributed by atoms with E-state index in [2.05, 4.69) is 9.47 Å². The highest BCUT2D eigenvalue weighted by Gasteiger charge is 2.72. The van der Waals surface area contributed by atoms with Gasteiger partial charge >= 0.3 is 6.29 Å². The first-order chi connectivity index (χ1) is 5.68. The summed E-state index contributed by atoms with van der Waals surface area (Å²) in [6.45, 7) is 7.72. The van der Waals surface area contributed by atoms with Crippen molar-refractivity contribution in [3.8, 4) is 0 Å². The lowest BCUT2D eigenvalue weighted by Gasteiger charge is -2.59. The van der Waals surface area contributed by atoms with E-state index in [1.165, 1.54) is 0 Å². The van der Waals surface area contributed by atoms with Gasteiger partial charge in [0, 0.05) is 10.8 Å². The number of halogens is 2. The van der Waals surface area contributed by atoms with E-state index < -0.39 is 18.5 Å². The van der Waals surface area contributed by atoms with Gasteiger partial charge in [0.15, 0.2) is 0 Å². The van der Waals surface area contributed by atoms with Crippen LogP contribution in [0.3, 0.4) is 0 Å². The van der Waals surface area contributed by atoms with Gasteiger partial charge in [-0.05, 0) is 0 Å². The first-order valence-corrected chi connectivity index (χ1v) is 4.42. The maximum Gasteiger partial charge on any atom is 0.486 e. The van der Waals surface area contributed by atoms with Crippen LogP contribution >= 0.6 is 0 Å².